The van der Waals surface area contributed by atoms with Gasteiger partial charge < -0.3 is 9.88 Å². The fourth-order valence-corrected chi connectivity index (χ4v) is 3.29. The Bertz CT molecular complexity index is 495. The van der Waals surface area contributed by atoms with E-state index in [0.29, 0.717) is 18.1 Å². The van der Waals surface area contributed by atoms with E-state index in [0.717, 1.165) is 38.2 Å². The lowest BCUT2D eigenvalue weighted by Gasteiger charge is -2.08. The molecule has 1 aliphatic rings. The molecule has 18 heavy (non-hydrogen) atoms. The van der Waals surface area contributed by atoms with Gasteiger partial charge in [0.25, 0.3) is 10.0 Å². The Morgan fingerprint density at radius 2 is 2.22 bits per heavy atom. The second-order valence-electron chi connectivity index (χ2n) is 4.42. The minimum atomic E-state index is -3.42. The largest absolute Gasteiger partial charge is 0.318 e. The Balaban J connectivity index is 1.94. The molecule has 0 saturated heterocycles. The van der Waals surface area contributed by atoms with Crippen molar-refractivity contribution in [1.29, 1.82) is 0 Å². The van der Waals surface area contributed by atoms with Crippen molar-refractivity contribution in [1.82, 2.24) is 19.6 Å². The molecule has 0 aliphatic carbocycles. The molecule has 0 unspecified atom stereocenters. The van der Waals surface area contributed by atoms with Crippen molar-refractivity contribution in [3.05, 3.63) is 12.0 Å². The molecule has 0 atom stereocenters. The zero-order valence-electron chi connectivity index (χ0n) is 10.6. The molecule has 0 radical (unpaired) electrons. The Labute approximate surface area is 108 Å². The molecule has 6 nitrogen and oxygen atoms in total. The van der Waals surface area contributed by atoms with Gasteiger partial charge >= 0.3 is 0 Å². The molecule has 2 rings (SSSR count). The second-order valence-corrected chi connectivity index (χ2v) is 6.13. The van der Waals surface area contributed by atoms with Crippen molar-refractivity contribution in [3.63, 3.8) is 0 Å². The Kier molecular flexibility index (Phi) is 4.36. The van der Waals surface area contributed by atoms with Gasteiger partial charge in [-0.05, 0) is 19.4 Å². The lowest BCUT2D eigenvalue weighted by atomic mass is 10.4. The summed E-state index contributed by atoms with van der Waals surface area (Å²) in [4.78, 5) is 4.15. The summed E-state index contributed by atoms with van der Waals surface area (Å²) in [7, 11) is -3.42. The zero-order chi connectivity index (χ0) is 13.0. The summed E-state index contributed by atoms with van der Waals surface area (Å²) >= 11 is 0. The van der Waals surface area contributed by atoms with E-state index in [-0.39, 0.29) is 0 Å². The summed E-state index contributed by atoms with van der Waals surface area (Å²) in [5, 5.41) is 3.45. The van der Waals surface area contributed by atoms with Gasteiger partial charge in [0.05, 0.1) is 6.20 Å². The molecule has 0 fully saturated rings. The molecule has 1 aliphatic heterocycles. The van der Waals surface area contributed by atoms with Crippen LogP contribution in [0, 0.1) is 0 Å². The first-order valence-corrected chi connectivity index (χ1v) is 7.88. The van der Waals surface area contributed by atoms with E-state index in [1.54, 1.807) is 4.57 Å². The molecule has 2 N–H and O–H groups in total. The number of hydrogen-bond acceptors (Lipinski definition) is 4. The number of nitrogens with one attached hydrogen (secondary N) is 2. The number of imidazole rings is 1. The monoisotopic (exact) mass is 272 g/mol. The first-order chi connectivity index (χ1) is 8.65. The number of fused-ring (bicyclic) bond motifs is 1. The van der Waals surface area contributed by atoms with Gasteiger partial charge in [0.15, 0.2) is 5.03 Å². The predicted octanol–water partition coefficient (Wildman–Crippen LogP) is 0.107. The number of hydrogen-bond donors (Lipinski definition) is 2. The third-order valence-corrected chi connectivity index (χ3v) is 4.44. The SMILES string of the molecule is CCCNCCNS(=O)(=O)c1cnc2n1CCC2. The van der Waals surface area contributed by atoms with Crippen LogP contribution in [0.2, 0.25) is 0 Å². The minimum absolute atomic E-state index is 0.297. The van der Waals surface area contributed by atoms with Crippen molar-refractivity contribution >= 4 is 10.0 Å². The average molecular weight is 272 g/mol. The molecule has 0 aromatic carbocycles. The molecule has 1 aromatic heterocycles. The fraction of sp³-hybridized carbons (Fsp3) is 0.727. The Hall–Kier alpha value is -0.920. The van der Waals surface area contributed by atoms with Crippen LogP contribution < -0.4 is 10.0 Å². The summed E-state index contributed by atoms with van der Waals surface area (Å²) in [6.45, 7) is 4.78. The van der Waals surface area contributed by atoms with Crippen LogP contribution in [0.5, 0.6) is 0 Å². The first-order valence-electron chi connectivity index (χ1n) is 6.40. The number of aromatic nitrogens is 2. The molecule has 0 saturated carbocycles. The van der Waals surface area contributed by atoms with Crippen LogP contribution in [0.1, 0.15) is 25.6 Å². The average Bonchev–Trinajstić information content (AvgIpc) is 2.89. The van der Waals surface area contributed by atoms with Crippen molar-refractivity contribution in [2.75, 3.05) is 19.6 Å². The molecule has 0 bridgehead atoms. The summed E-state index contributed by atoms with van der Waals surface area (Å²) in [6.07, 6.45) is 4.34. The van der Waals surface area contributed by atoms with Crippen LogP contribution in [0.25, 0.3) is 0 Å². The summed E-state index contributed by atoms with van der Waals surface area (Å²) in [5.74, 6) is 0.875. The molecule has 102 valence electrons. The minimum Gasteiger partial charge on any atom is -0.318 e. The van der Waals surface area contributed by atoms with Gasteiger partial charge in [-0.3, -0.25) is 0 Å². The summed E-state index contributed by atoms with van der Waals surface area (Å²) in [6, 6.07) is 0. The normalized spacial score (nSPS) is 14.9. The highest BCUT2D eigenvalue weighted by Gasteiger charge is 2.24. The van der Waals surface area contributed by atoms with Gasteiger partial charge in [-0.2, -0.15) is 0 Å². The first kappa shape index (κ1) is 13.5. The fourth-order valence-electron chi connectivity index (χ4n) is 2.09. The Morgan fingerprint density at radius 3 is 3.00 bits per heavy atom. The Morgan fingerprint density at radius 1 is 1.39 bits per heavy atom. The van der Waals surface area contributed by atoms with E-state index in [1.165, 1.54) is 6.20 Å². The maximum atomic E-state index is 12.1. The molecule has 0 amide bonds. The van der Waals surface area contributed by atoms with Crippen LogP contribution in [0.3, 0.4) is 0 Å². The van der Waals surface area contributed by atoms with Crippen molar-refractivity contribution in [2.45, 2.75) is 37.8 Å². The van der Waals surface area contributed by atoms with Gasteiger partial charge in [-0.1, -0.05) is 6.92 Å². The number of nitrogens with zero attached hydrogens (tertiary/aromatic N) is 2. The highest BCUT2D eigenvalue weighted by atomic mass is 32.2. The van der Waals surface area contributed by atoms with Gasteiger partial charge in [0.2, 0.25) is 0 Å². The summed E-state index contributed by atoms with van der Waals surface area (Å²) < 4.78 is 28.6. The maximum Gasteiger partial charge on any atom is 0.257 e. The van der Waals surface area contributed by atoms with Gasteiger partial charge in [0, 0.05) is 26.1 Å². The summed E-state index contributed by atoms with van der Waals surface area (Å²) in [5.41, 5.74) is 0. The standard InChI is InChI=1S/C11H20N4O2S/c1-2-5-12-6-7-14-18(16,17)11-9-13-10-4-3-8-15(10)11/h9,12,14H,2-8H2,1H3. The van der Waals surface area contributed by atoms with Crippen LogP contribution in [0.4, 0.5) is 0 Å². The van der Waals surface area contributed by atoms with Crippen molar-refractivity contribution in [2.24, 2.45) is 0 Å². The number of aryl methyl sites for hydroxylation is 1. The predicted molar refractivity (Wildman–Crippen MR) is 68.9 cm³/mol. The van der Waals surface area contributed by atoms with Gasteiger partial charge in [-0.15, -0.1) is 0 Å². The number of sulfonamides is 1. The van der Waals surface area contributed by atoms with Crippen molar-refractivity contribution < 1.29 is 8.42 Å². The molecule has 1 aromatic rings. The molecule has 2 heterocycles. The van der Waals surface area contributed by atoms with E-state index < -0.39 is 10.0 Å². The topological polar surface area (TPSA) is 76.0 Å². The molecular weight excluding hydrogens is 252 g/mol. The van der Waals surface area contributed by atoms with Gasteiger partial charge in [-0.25, -0.2) is 18.1 Å². The van der Waals surface area contributed by atoms with E-state index >= 15 is 0 Å². The zero-order valence-corrected chi connectivity index (χ0v) is 11.5. The maximum absolute atomic E-state index is 12.1. The van der Waals surface area contributed by atoms with Crippen LogP contribution in [-0.4, -0.2) is 37.6 Å². The lowest BCUT2D eigenvalue weighted by molar-refractivity contribution is 0.560. The third kappa shape index (κ3) is 2.90. The third-order valence-electron chi connectivity index (χ3n) is 2.98. The van der Waals surface area contributed by atoms with Crippen molar-refractivity contribution in [3.8, 4) is 0 Å². The highest BCUT2D eigenvalue weighted by Crippen LogP contribution is 2.19. The smallest absolute Gasteiger partial charge is 0.257 e. The van der Waals surface area contributed by atoms with E-state index in [2.05, 4.69) is 21.9 Å². The molecule has 7 heteroatoms. The van der Waals surface area contributed by atoms with Crippen LogP contribution in [0.15, 0.2) is 11.2 Å². The highest BCUT2D eigenvalue weighted by molar-refractivity contribution is 7.89. The van der Waals surface area contributed by atoms with Gasteiger partial charge in [0.1, 0.15) is 5.82 Å². The van der Waals surface area contributed by atoms with E-state index in [1.807, 2.05) is 0 Å². The quantitative estimate of drug-likeness (QED) is 0.691. The van der Waals surface area contributed by atoms with Crippen LogP contribution >= 0.6 is 0 Å². The number of rotatable bonds is 7. The second kappa shape index (κ2) is 5.81. The lowest BCUT2D eigenvalue weighted by Crippen LogP contribution is -2.33. The van der Waals surface area contributed by atoms with E-state index in [4.69, 9.17) is 0 Å². The van der Waals surface area contributed by atoms with E-state index in [9.17, 15) is 8.42 Å². The van der Waals surface area contributed by atoms with Crippen LogP contribution in [-0.2, 0) is 23.0 Å². The molecule has 0 spiro atoms. The molecular formula is C11H20N4O2S.